The fourth-order valence-corrected chi connectivity index (χ4v) is 7.10. The van der Waals surface area contributed by atoms with E-state index in [0.717, 1.165) is 18.2 Å². The third-order valence-electron chi connectivity index (χ3n) is 6.94. The molecule has 0 amide bonds. The van der Waals surface area contributed by atoms with Crippen molar-refractivity contribution in [3.63, 3.8) is 0 Å². The van der Waals surface area contributed by atoms with Gasteiger partial charge in [0, 0.05) is 24.5 Å². The minimum absolute atomic E-state index is 0.322. The molecule has 0 saturated heterocycles. The molecule has 2 aromatic rings. The first-order chi connectivity index (χ1) is 12.9. The Hall–Kier alpha value is -1.94. The Kier molecular flexibility index (Phi) is 3.84. The first-order valence-electron chi connectivity index (χ1n) is 10.2. The Bertz CT molecular complexity index is 819. The van der Waals surface area contributed by atoms with Gasteiger partial charge in [0.25, 0.3) is 0 Å². The molecule has 0 radical (unpaired) electrons. The molecule has 6 rings (SSSR count). The highest BCUT2D eigenvalue weighted by molar-refractivity contribution is 5.30. The van der Waals surface area contributed by atoms with Crippen LogP contribution in [0.3, 0.4) is 0 Å². The maximum Gasteiger partial charge on any atom is 0.321 e. The largest absolute Gasteiger partial charge is 0.424 e. The van der Waals surface area contributed by atoms with E-state index in [9.17, 15) is 0 Å². The molecule has 2 unspecified atom stereocenters. The van der Waals surface area contributed by atoms with Gasteiger partial charge in [-0.3, -0.25) is 0 Å². The highest BCUT2D eigenvalue weighted by atomic mass is 16.5. The van der Waals surface area contributed by atoms with Crippen LogP contribution in [-0.2, 0) is 6.54 Å². The number of hydrogen-bond donors (Lipinski definition) is 1. The van der Waals surface area contributed by atoms with Crippen molar-refractivity contribution in [1.29, 1.82) is 0 Å². The van der Waals surface area contributed by atoms with E-state index in [0.29, 0.717) is 22.4 Å². The third kappa shape index (κ3) is 3.36. The molecule has 4 aliphatic carbocycles. The molecule has 4 bridgehead atoms. The second kappa shape index (κ2) is 6.03. The van der Waals surface area contributed by atoms with Crippen molar-refractivity contribution in [2.75, 3.05) is 0 Å². The van der Waals surface area contributed by atoms with Crippen molar-refractivity contribution in [3.05, 3.63) is 48.3 Å². The Labute approximate surface area is 161 Å². The molecule has 4 fully saturated rings. The molecule has 4 nitrogen and oxygen atoms in total. The van der Waals surface area contributed by atoms with Gasteiger partial charge in [0.2, 0.25) is 0 Å². The van der Waals surface area contributed by atoms with Crippen molar-refractivity contribution in [3.8, 4) is 11.8 Å². The zero-order chi connectivity index (χ0) is 18.5. The predicted octanol–water partition coefficient (Wildman–Crippen LogP) is 5.11. The van der Waals surface area contributed by atoms with Crippen LogP contribution < -0.4 is 10.1 Å². The number of ether oxygens (including phenoxy) is 1. The van der Waals surface area contributed by atoms with Crippen molar-refractivity contribution in [2.24, 2.45) is 16.7 Å². The summed E-state index contributed by atoms with van der Waals surface area (Å²) in [5, 5.41) is 4.00. The lowest BCUT2D eigenvalue weighted by Crippen LogP contribution is -2.63. The Morgan fingerprint density at radius 3 is 2.44 bits per heavy atom. The molecule has 1 aromatic carbocycles. The Balaban J connectivity index is 1.30. The van der Waals surface area contributed by atoms with Crippen LogP contribution in [0.4, 0.5) is 0 Å². The van der Waals surface area contributed by atoms with Gasteiger partial charge in [-0.2, -0.15) is 0 Å². The SMILES string of the molecule is C[C@]12CC3CC(NCc4cccc(Oc5ncccn5)c4)(C1)C[C@@](C)(C3)C2. The highest BCUT2D eigenvalue weighted by Crippen LogP contribution is 2.66. The molecule has 0 spiro atoms. The lowest BCUT2D eigenvalue weighted by atomic mass is 9.43. The molecular weight excluding hydrogens is 334 g/mol. The molecular formula is C23H29N3O. The van der Waals surface area contributed by atoms with Gasteiger partial charge in [-0.1, -0.05) is 26.0 Å². The number of nitrogens with one attached hydrogen (secondary N) is 1. The summed E-state index contributed by atoms with van der Waals surface area (Å²) >= 11 is 0. The standard InChI is InChI=1S/C23H29N3O/c1-21-10-18-11-22(2,14-21)16-23(12-18,15-21)26-13-17-5-3-6-19(9-17)27-20-24-7-4-8-25-20/h3-9,18,26H,10-16H2,1-2H3/t18?,21-,22+,23?. The number of hydrogen-bond acceptors (Lipinski definition) is 4. The Morgan fingerprint density at radius 2 is 1.74 bits per heavy atom. The van der Waals surface area contributed by atoms with Crippen LogP contribution in [0.1, 0.15) is 57.9 Å². The van der Waals surface area contributed by atoms with Crippen LogP contribution in [0.5, 0.6) is 11.8 Å². The summed E-state index contributed by atoms with van der Waals surface area (Å²) in [5.74, 6) is 1.71. The molecule has 4 heteroatoms. The summed E-state index contributed by atoms with van der Waals surface area (Å²) < 4.78 is 5.80. The van der Waals surface area contributed by atoms with Crippen molar-refractivity contribution < 1.29 is 4.74 Å². The zero-order valence-electron chi connectivity index (χ0n) is 16.4. The summed E-state index contributed by atoms with van der Waals surface area (Å²) in [6.45, 7) is 5.95. The first kappa shape index (κ1) is 17.2. The summed E-state index contributed by atoms with van der Waals surface area (Å²) in [7, 11) is 0. The second-order valence-electron chi connectivity index (χ2n) is 10.0. The summed E-state index contributed by atoms with van der Waals surface area (Å²) in [6, 6.07) is 10.5. The average molecular weight is 364 g/mol. The molecule has 1 heterocycles. The minimum atomic E-state index is 0.322. The van der Waals surface area contributed by atoms with Crippen LogP contribution >= 0.6 is 0 Å². The normalized spacial score (nSPS) is 36.7. The van der Waals surface area contributed by atoms with E-state index in [-0.39, 0.29) is 0 Å². The van der Waals surface area contributed by atoms with Gasteiger partial charge in [0.1, 0.15) is 5.75 Å². The summed E-state index contributed by atoms with van der Waals surface area (Å²) in [6.07, 6.45) is 11.7. The summed E-state index contributed by atoms with van der Waals surface area (Å²) in [4.78, 5) is 8.29. The van der Waals surface area contributed by atoms with E-state index in [1.807, 2.05) is 6.07 Å². The molecule has 1 aromatic heterocycles. The average Bonchev–Trinajstić information content (AvgIpc) is 2.58. The first-order valence-corrected chi connectivity index (χ1v) is 10.2. The molecule has 4 atom stereocenters. The van der Waals surface area contributed by atoms with Crippen LogP contribution in [0, 0.1) is 16.7 Å². The van der Waals surface area contributed by atoms with Gasteiger partial charge in [0.15, 0.2) is 0 Å². The van der Waals surface area contributed by atoms with E-state index in [1.165, 1.54) is 44.1 Å². The van der Waals surface area contributed by atoms with Gasteiger partial charge in [0.05, 0.1) is 0 Å². The number of nitrogens with zero attached hydrogens (tertiary/aromatic N) is 2. The van der Waals surface area contributed by atoms with Crippen LogP contribution in [-0.4, -0.2) is 15.5 Å². The van der Waals surface area contributed by atoms with Gasteiger partial charge in [-0.15, -0.1) is 0 Å². The topological polar surface area (TPSA) is 47.0 Å². The monoisotopic (exact) mass is 363 g/mol. The van der Waals surface area contributed by atoms with E-state index in [2.05, 4.69) is 47.3 Å². The molecule has 27 heavy (non-hydrogen) atoms. The molecule has 4 aliphatic rings. The molecule has 142 valence electrons. The maximum absolute atomic E-state index is 5.80. The lowest BCUT2D eigenvalue weighted by molar-refractivity contribution is -0.118. The quantitative estimate of drug-likeness (QED) is 0.802. The number of benzene rings is 1. The van der Waals surface area contributed by atoms with Crippen LogP contribution in [0.25, 0.3) is 0 Å². The zero-order valence-corrected chi connectivity index (χ0v) is 16.4. The van der Waals surface area contributed by atoms with Crippen LogP contribution in [0.2, 0.25) is 0 Å². The van der Waals surface area contributed by atoms with Gasteiger partial charge in [-0.05, 0) is 79.0 Å². The van der Waals surface area contributed by atoms with Crippen molar-refractivity contribution in [1.82, 2.24) is 15.3 Å². The lowest BCUT2D eigenvalue weighted by Gasteiger charge is -2.65. The molecule has 1 N–H and O–H groups in total. The smallest absolute Gasteiger partial charge is 0.321 e. The van der Waals surface area contributed by atoms with E-state index < -0.39 is 0 Å². The van der Waals surface area contributed by atoms with E-state index in [4.69, 9.17) is 4.74 Å². The van der Waals surface area contributed by atoms with E-state index >= 15 is 0 Å². The molecule has 0 aliphatic heterocycles. The van der Waals surface area contributed by atoms with Crippen molar-refractivity contribution in [2.45, 2.75) is 64.5 Å². The van der Waals surface area contributed by atoms with Gasteiger partial charge < -0.3 is 10.1 Å². The van der Waals surface area contributed by atoms with Crippen molar-refractivity contribution >= 4 is 0 Å². The maximum atomic E-state index is 5.80. The highest BCUT2D eigenvalue weighted by Gasteiger charge is 2.59. The second-order valence-corrected chi connectivity index (χ2v) is 10.0. The van der Waals surface area contributed by atoms with Crippen LogP contribution in [0.15, 0.2) is 42.7 Å². The van der Waals surface area contributed by atoms with E-state index in [1.54, 1.807) is 18.5 Å². The predicted molar refractivity (Wildman–Crippen MR) is 106 cm³/mol. The minimum Gasteiger partial charge on any atom is -0.424 e. The Morgan fingerprint density at radius 1 is 1.00 bits per heavy atom. The summed E-state index contributed by atoms with van der Waals surface area (Å²) in [5.41, 5.74) is 2.66. The van der Waals surface area contributed by atoms with Gasteiger partial charge in [-0.25, -0.2) is 9.97 Å². The number of aromatic nitrogens is 2. The third-order valence-corrected chi connectivity index (χ3v) is 6.94. The molecule has 4 saturated carbocycles. The fraction of sp³-hybridized carbons (Fsp3) is 0.565. The fourth-order valence-electron chi connectivity index (χ4n) is 7.10. The number of rotatable bonds is 5. The van der Waals surface area contributed by atoms with Gasteiger partial charge >= 0.3 is 6.01 Å².